The Morgan fingerprint density at radius 2 is 1.70 bits per heavy atom. The number of nitrogens with zero attached hydrogens (tertiary/aromatic N) is 1. The quantitative estimate of drug-likeness (QED) is 0.274. The lowest BCUT2D eigenvalue weighted by molar-refractivity contribution is 0.0601. The molecule has 0 saturated heterocycles. The highest BCUT2D eigenvalue weighted by Crippen LogP contribution is 2.46. The minimum atomic E-state index is -0.366. The molecule has 3 aromatic carbocycles. The highest BCUT2D eigenvalue weighted by molar-refractivity contribution is 6.15. The van der Waals surface area contributed by atoms with Gasteiger partial charge in [0.05, 0.1) is 29.3 Å². The molecule has 4 nitrogen and oxygen atoms in total. The molecule has 1 aliphatic rings. The standard InChI is InChI=1S/C21H13NO3.C2H6/c1-24-21(23)12-9-10-13-14-6-4-8-18-19(14)20(22-16(13)11-12)15-5-2-3-7-17(15)25-18;1-2/h2-11H,1H3;1-2H3. The van der Waals surface area contributed by atoms with Gasteiger partial charge in [0.15, 0.2) is 0 Å². The maximum absolute atomic E-state index is 11.9. The summed E-state index contributed by atoms with van der Waals surface area (Å²) in [7, 11) is 1.38. The van der Waals surface area contributed by atoms with Crippen molar-refractivity contribution < 1.29 is 14.3 Å². The van der Waals surface area contributed by atoms with Gasteiger partial charge >= 0.3 is 5.97 Å². The zero-order valence-corrected chi connectivity index (χ0v) is 15.4. The van der Waals surface area contributed by atoms with Crippen molar-refractivity contribution in [2.24, 2.45) is 0 Å². The lowest BCUT2D eigenvalue weighted by Crippen LogP contribution is -2.03. The Hall–Kier alpha value is -3.40. The van der Waals surface area contributed by atoms with Gasteiger partial charge in [-0.2, -0.15) is 0 Å². The molecule has 0 N–H and O–H groups in total. The number of ether oxygens (including phenoxy) is 2. The molecule has 1 aliphatic heterocycles. The molecule has 0 unspecified atom stereocenters. The van der Waals surface area contributed by atoms with Gasteiger partial charge in [-0.05, 0) is 35.7 Å². The number of pyridine rings is 1. The highest BCUT2D eigenvalue weighted by atomic mass is 16.5. The lowest BCUT2D eigenvalue weighted by atomic mass is 9.96. The normalized spacial score (nSPS) is 11.2. The summed E-state index contributed by atoms with van der Waals surface area (Å²) in [6.07, 6.45) is 0. The molecule has 0 amide bonds. The summed E-state index contributed by atoms with van der Waals surface area (Å²) in [5.74, 6) is 1.23. The summed E-state index contributed by atoms with van der Waals surface area (Å²) in [5.41, 5.74) is 3.09. The number of methoxy groups -OCH3 is 1. The minimum Gasteiger partial charge on any atom is -0.465 e. The van der Waals surface area contributed by atoms with E-state index in [4.69, 9.17) is 14.5 Å². The number of rotatable bonds is 1. The molecule has 0 bridgehead atoms. The molecule has 2 heterocycles. The molecule has 0 aliphatic carbocycles. The summed E-state index contributed by atoms with van der Waals surface area (Å²) in [4.78, 5) is 16.7. The van der Waals surface area contributed by atoms with Crippen molar-refractivity contribution in [1.82, 2.24) is 4.98 Å². The Morgan fingerprint density at radius 1 is 0.926 bits per heavy atom. The minimum absolute atomic E-state index is 0.366. The second-order valence-corrected chi connectivity index (χ2v) is 5.96. The molecule has 1 aromatic heterocycles. The molecule has 134 valence electrons. The Bertz CT molecular complexity index is 1180. The van der Waals surface area contributed by atoms with E-state index in [0.29, 0.717) is 5.56 Å². The molecule has 27 heavy (non-hydrogen) atoms. The van der Waals surface area contributed by atoms with Crippen LogP contribution in [-0.4, -0.2) is 18.1 Å². The van der Waals surface area contributed by atoms with Gasteiger partial charge in [0.1, 0.15) is 11.5 Å². The maximum Gasteiger partial charge on any atom is 0.337 e. The van der Waals surface area contributed by atoms with Crippen molar-refractivity contribution in [2.75, 3.05) is 7.11 Å². The Morgan fingerprint density at radius 3 is 2.52 bits per heavy atom. The third kappa shape index (κ3) is 2.61. The molecule has 0 fully saturated rings. The fraction of sp³-hybridized carbons (Fsp3) is 0.130. The van der Waals surface area contributed by atoms with Gasteiger partial charge in [0.25, 0.3) is 0 Å². The fourth-order valence-electron chi connectivity index (χ4n) is 3.42. The summed E-state index contributed by atoms with van der Waals surface area (Å²) >= 11 is 0. The van der Waals surface area contributed by atoms with E-state index in [2.05, 4.69) is 6.07 Å². The zero-order valence-electron chi connectivity index (χ0n) is 15.4. The van der Waals surface area contributed by atoms with Crippen molar-refractivity contribution in [3.8, 4) is 22.8 Å². The van der Waals surface area contributed by atoms with Crippen LogP contribution in [-0.2, 0) is 4.74 Å². The monoisotopic (exact) mass is 357 g/mol. The summed E-state index contributed by atoms with van der Waals surface area (Å²) < 4.78 is 10.9. The van der Waals surface area contributed by atoms with Gasteiger partial charge in [0.2, 0.25) is 0 Å². The Balaban J connectivity index is 0.000000872. The third-order valence-corrected chi connectivity index (χ3v) is 4.57. The predicted octanol–water partition coefficient (Wildman–Crippen LogP) is 5.97. The van der Waals surface area contributed by atoms with Crippen LogP contribution >= 0.6 is 0 Å². The van der Waals surface area contributed by atoms with Gasteiger partial charge in [-0.3, -0.25) is 0 Å². The van der Waals surface area contributed by atoms with Crippen molar-refractivity contribution >= 4 is 27.6 Å². The lowest BCUT2D eigenvalue weighted by Gasteiger charge is -2.21. The molecule has 4 heteroatoms. The fourth-order valence-corrected chi connectivity index (χ4v) is 3.42. The number of aromatic nitrogens is 1. The van der Waals surface area contributed by atoms with Crippen LogP contribution in [0.3, 0.4) is 0 Å². The van der Waals surface area contributed by atoms with Crippen LogP contribution in [0.25, 0.3) is 32.9 Å². The average molecular weight is 357 g/mol. The summed E-state index contributed by atoms with van der Waals surface area (Å²) in [5, 5.41) is 3.04. The van der Waals surface area contributed by atoms with E-state index in [-0.39, 0.29) is 5.97 Å². The Kier molecular flexibility index (Phi) is 4.24. The van der Waals surface area contributed by atoms with Crippen LogP contribution in [0.15, 0.2) is 60.7 Å². The molecular formula is C23H19NO3. The maximum atomic E-state index is 11.9. The first kappa shape index (κ1) is 17.0. The van der Waals surface area contributed by atoms with Gasteiger partial charge in [-0.1, -0.05) is 44.2 Å². The third-order valence-electron chi connectivity index (χ3n) is 4.57. The van der Waals surface area contributed by atoms with Gasteiger partial charge in [0, 0.05) is 10.9 Å². The van der Waals surface area contributed by atoms with Crippen molar-refractivity contribution in [2.45, 2.75) is 13.8 Å². The van der Waals surface area contributed by atoms with E-state index in [1.165, 1.54) is 7.11 Å². The van der Waals surface area contributed by atoms with E-state index in [9.17, 15) is 4.79 Å². The van der Waals surface area contributed by atoms with Crippen LogP contribution < -0.4 is 4.74 Å². The molecule has 0 atom stereocenters. The second-order valence-electron chi connectivity index (χ2n) is 5.96. The highest BCUT2D eigenvalue weighted by Gasteiger charge is 2.22. The number of hydrogen-bond acceptors (Lipinski definition) is 4. The SMILES string of the molecule is CC.COC(=O)c1ccc2c(c1)nc1c3c(cccc32)Oc2ccccc2-1. The van der Waals surface area contributed by atoms with E-state index in [1.54, 1.807) is 12.1 Å². The van der Waals surface area contributed by atoms with Gasteiger partial charge in [-0.15, -0.1) is 0 Å². The second kappa shape index (κ2) is 6.72. The van der Waals surface area contributed by atoms with Crippen molar-refractivity contribution in [3.05, 3.63) is 66.2 Å². The molecular weight excluding hydrogens is 338 g/mol. The van der Waals surface area contributed by atoms with Crippen LogP contribution in [0.1, 0.15) is 24.2 Å². The number of benzene rings is 3. The number of fused-ring (bicyclic) bond motifs is 4. The zero-order chi connectivity index (χ0) is 19.0. The topological polar surface area (TPSA) is 48.4 Å². The van der Waals surface area contributed by atoms with Crippen LogP contribution in [0.4, 0.5) is 0 Å². The van der Waals surface area contributed by atoms with E-state index in [0.717, 1.165) is 44.4 Å². The van der Waals surface area contributed by atoms with Gasteiger partial charge < -0.3 is 9.47 Å². The largest absolute Gasteiger partial charge is 0.465 e. The van der Waals surface area contributed by atoms with E-state index >= 15 is 0 Å². The van der Waals surface area contributed by atoms with Crippen molar-refractivity contribution in [1.29, 1.82) is 0 Å². The molecule has 4 aromatic rings. The number of para-hydroxylation sites is 1. The first-order valence-electron chi connectivity index (χ1n) is 8.98. The first-order valence-corrected chi connectivity index (χ1v) is 8.98. The van der Waals surface area contributed by atoms with Crippen LogP contribution in [0.5, 0.6) is 11.5 Å². The summed E-state index contributed by atoms with van der Waals surface area (Å²) in [6.45, 7) is 4.00. The van der Waals surface area contributed by atoms with E-state index in [1.807, 2.05) is 56.3 Å². The predicted molar refractivity (Wildman–Crippen MR) is 107 cm³/mol. The molecule has 5 rings (SSSR count). The molecule has 0 saturated carbocycles. The van der Waals surface area contributed by atoms with Crippen molar-refractivity contribution in [3.63, 3.8) is 0 Å². The number of hydrogen-bond donors (Lipinski definition) is 0. The van der Waals surface area contributed by atoms with Gasteiger partial charge in [-0.25, -0.2) is 9.78 Å². The van der Waals surface area contributed by atoms with E-state index < -0.39 is 0 Å². The molecule has 0 radical (unpaired) electrons. The van der Waals surface area contributed by atoms with Crippen LogP contribution in [0, 0.1) is 0 Å². The number of esters is 1. The summed E-state index contributed by atoms with van der Waals surface area (Å²) in [6, 6.07) is 19.3. The smallest absolute Gasteiger partial charge is 0.337 e. The number of carbonyl (C=O) groups is 1. The number of carbonyl (C=O) groups excluding carboxylic acids is 1. The van der Waals surface area contributed by atoms with Crippen LogP contribution in [0.2, 0.25) is 0 Å². The first-order chi connectivity index (χ1) is 13.3. The molecule has 0 spiro atoms. The average Bonchev–Trinajstić information content (AvgIpc) is 2.74. The Labute approximate surface area is 157 Å².